The minimum absolute atomic E-state index is 0.255. The monoisotopic (exact) mass is 284 g/mol. The maximum absolute atomic E-state index is 11.4. The average Bonchev–Trinajstić information content (AvgIpc) is 2.32. The van der Waals surface area contributed by atoms with Crippen molar-refractivity contribution in [3.05, 3.63) is 29.8 Å². The zero-order valence-electron chi connectivity index (χ0n) is 11.7. The Bertz CT molecular complexity index is 484. The lowest BCUT2D eigenvalue weighted by molar-refractivity contribution is 0.535. The molecule has 1 aromatic carbocycles. The standard InChI is InChI=1S/C14H24N2O2S/c1-12(2)11-16-10-6-5-8-13-7-3-4-9-14(13)19(15,17)18/h3-4,7,9,12,16H,5-6,8,10-11H2,1-2H3,(H2,15,17,18). The number of sulfonamides is 1. The van der Waals surface area contributed by atoms with Crippen molar-refractivity contribution < 1.29 is 8.42 Å². The van der Waals surface area contributed by atoms with Crippen molar-refractivity contribution in [1.82, 2.24) is 5.32 Å². The summed E-state index contributed by atoms with van der Waals surface area (Å²) in [4.78, 5) is 0.255. The molecule has 5 heteroatoms. The third kappa shape index (κ3) is 6.18. The number of primary sulfonamides is 1. The number of rotatable bonds is 8. The van der Waals surface area contributed by atoms with E-state index in [1.807, 2.05) is 12.1 Å². The van der Waals surface area contributed by atoms with Crippen molar-refractivity contribution in [2.75, 3.05) is 13.1 Å². The van der Waals surface area contributed by atoms with Crippen LogP contribution in [-0.2, 0) is 16.4 Å². The van der Waals surface area contributed by atoms with Gasteiger partial charge in [0.2, 0.25) is 10.0 Å². The van der Waals surface area contributed by atoms with E-state index in [-0.39, 0.29) is 4.90 Å². The van der Waals surface area contributed by atoms with E-state index in [1.165, 1.54) is 0 Å². The Balaban J connectivity index is 2.42. The maximum Gasteiger partial charge on any atom is 0.238 e. The van der Waals surface area contributed by atoms with Gasteiger partial charge in [0.15, 0.2) is 0 Å². The number of nitrogens with one attached hydrogen (secondary N) is 1. The molecule has 0 aliphatic carbocycles. The lowest BCUT2D eigenvalue weighted by Gasteiger charge is -2.09. The molecule has 3 N–H and O–H groups in total. The number of nitrogens with two attached hydrogens (primary N) is 1. The summed E-state index contributed by atoms with van der Waals surface area (Å²) in [6.45, 7) is 6.34. The molecule has 1 rings (SSSR count). The summed E-state index contributed by atoms with van der Waals surface area (Å²) in [5, 5.41) is 8.58. The van der Waals surface area contributed by atoms with Crippen molar-refractivity contribution in [1.29, 1.82) is 0 Å². The minimum Gasteiger partial charge on any atom is -0.316 e. The van der Waals surface area contributed by atoms with Crippen LogP contribution in [0.25, 0.3) is 0 Å². The van der Waals surface area contributed by atoms with Gasteiger partial charge in [0.25, 0.3) is 0 Å². The minimum atomic E-state index is -3.61. The second kappa shape index (κ2) is 7.62. The Kier molecular flexibility index (Phi) is 6.48. The lowest BCUT2D eigenvalue weighted by Crippen LogP contribution is -2.20. The number of hydrogen-bond acceptors (Lipinski definition) is 3. The molecule has 0 unspecified atom stereocenters. The molecule has 0 saturated carbocycles. The van der Waals surface area contributed by atoms with E-state index in [9.17, 15) is 8.42 Å². The first-order valence-corrected chi connectivity index (χ1v) is 8.27. The van der Waals surface area contributed by atoms with E-state index in [2.05, 4.69) is 19.2 Å². The molecule has 0 spiro atoms. The Hall–Kier alpha value is -0.910. The van der Waals surface area contributed by atoms with Crippen molar-refractivity contribution in [2.24, 2.45) is 11.1 Å². The molecule has 0 bridgehead atoms. The zero-order chi connectivity index (χ0) is 14.3. The van der Waals surface area contributed by atoms with E-state index in [0.29, 0.717) is 5.92 Å². The molecule has 0 fully saturated rings. The predicted octanol–water partition coefficient (Wildman–Crippen LogP) is 1.90. The topological polar surface area (TPSA) is 72.2 Å². The molecule has 0 aromatic heterocycles. The summed E-state index contributed by atoms with van der Waals surface area (Å²) < 4.78 is 22.9. The molecule has 0 aliphatic heterocycles. The highest BCUT2D eigenvalue weighted by Crippen LogP contribution is 2.15. The van der Waals surface area contributed by atoms with Crippen LogP contribution in [0.4, 0.5) is 0 Å². The third-order valence-electron chi connectivity index (χ3n) is 2.88. The van der Waals surface area contributed by atoms with Gasteiger partial charge < -0.3 is 5.32 Å². The van der Waals surface area contributed by atoms with Gasteiger partial charge in [-0.1, -0.05) is 32.0 Å². The maximum atomic E-state index is 11.4. The zero-order valence-corrected chi connectivity index (χ0v) is 12.5. The Morgan fingerprint density at radius 1 is 1.21 bits per heavy atom. The van der Waals surface area contributed by atoms with Crippen LogP contribution in [0.5, 0.6) is 0 Å². The summed E-state index contributed by atoms with van der Waals surface area (Å²) in [7, 11) is -3.61. The second-order valence-electron chi connectivity index (χ2n) is 5.21. The fraction of sp³-hybridized carbons (Fsp3) is 0.571. The fourth-order valence-corrected chi connectivity index (χ4v) is 2.75. The molecule has 1 aromatic rings. The Morgan fingerprint density at radius 2 is 1.89 bits per heavy atom. The number of benzene rings is 1. The van der Waals surface area contributed by atoms with Gasteiger partial charge in [-0.15, -0.1) is 0 Å². The highest BCUT2D eigenvalue weighted by Gasteiger charge is 2.12. The van der Waals surface area contributed by atoms with Crippen molar-refractivity contribution in [3.63, 3.8) is 0 Å². The van der Waals surface area contributed by atoms with Crippen molar-refractivity contribution in [3.8, 4) is 0 Å². The predicted molar refractivity (Wildman–Crippen MR) is 78.5 cm³/mol. The Labute approximate surface area is 116 Å². The first-order chi connectivity index (χ1) is 8.91. The summed E-state index contributed by atoms with van der Waals surface area (Å²) in [6.07, 6.45) is 2.74. The fourth-order valence-electron chi connectivity index (χ4n) is 1.94. The van der Waals surface area contributed by atoms with Crippen LogP contribution in [0.1, 0.15) is 32.3 Å². The molecule has 4 nitrogen and oxygen atoms in total. The van der Waals surface area contributed by atoms with Crippen LogP contribution in [-0.4, -0.2) is 21.5 Å². The van der Waals surface area contributed by atoms with E-state index in [0.717, 1.165) is 37.9 Å². The average molecular weight is 284 g/mol. The van der Waals surface area contributed by atoms with Gasteiger partial charge in [-0.2, -0.15) is 0 Å². The molecular formula is C14H24N2O2S. The van der Waals surface area contributed by atoms with Crippen LogP contribution < -0.4 is 10.5 Å². The van der Waals surface area contributed by atoms with Gasteiger partial charge in [0, 0.05) is 0 Å². The van der Waals surface area contributed by atoms with Gasteiger partial charge >= 0.3 is 0 Å². The van der Waals surface area contributed by atoms with Gasteiger partial charge in [-0.25, -0.2) is 13.6 Å². The van der Waals surface area contributed by atoms with Crippen LogP contribution in [0.15, 0.2) is 29.2 Å². The van der Waals surface area contributed by atoms with Crippen molar-refractivity contribution >= 4 is 10.0 Å². The molecule has 0 heterocycles. The van der Waals surface area contributed by atoms with E-state index < -0.39 is 10.0 Å². The highest BCUT2D eigenvalue weighted by atomic mass is 32.2. The van der Waals surface area contributed by atoms with Crippen LogP contribution in [0, 0.1) is 5.92 Å². The number of hydrogen-bond donors (Lipinski definition) is 2. The van der Waals surface area contributed by atoms with Gasteiger partial charge in [-0.05, 0) is 49.9 Å². The van der Waals surface area contributed by atoms with E-state index in [1.54, 1.807) is 12.1 Å². The highest BCUT2D eigenvalue weighted by molar-refractivity contribution is 7.89. The van der Waals surface area contributed by atoms with Gasteiger partial charge in [-0.3, -0.25) is 0 Å². The summed E-state index contributed by atoms with van der Waals surface area (Å²) in [5.41, 5.74) is 0.814. The smallest absolute Gasteiger partial charge is 0.238 e. The molecule has 19 heavy (non-hydrogen) atoms. The summed E-state index contributed by atoms with van der Waals surface area (Å²) >= 11 is 0. The van der Waals surface area contributed by atoms with Crippen LogP contribution in [0.3, 0.4) is 0 Å². The Morgan fingerprint density at radius 3 is 2.53 bits per heavy atom. The van der Waals surface area contributed by atoms with Gasteiger partial charge in [0.1, 0.15) is 0 Å². The molecule has 0 amide bonds. The van der Waals surface area contributed by atoms with Crippen molar-refractivity contribution in [2.45, 2.75) is 38.0 Å². The van der Waals surface area contributed by atoms with Crippen LogP contribution >= 0.6 is 0 Å². The molecule has 0 aliphatic rings. The molecular weight excluding hydrogens is 260 g/mol. The molecule has 0 atom stereocenters. The second-order valence-corrected chi connectivity index (χ2v) is 6.74. The van der Waals surface area contributed by atoms with Gasteiger partial charge in [0.05, 0.1) is 4.90 Å². The van der Waals surface area contributed by atoms with E-state index in [4.69, 9.17) is 5.14 Å². The number of aryl methyl sites for hydroxylation is 1. The summed E-state index contributed by atoms with van der Waals surface area (Å²) in [6, 6.07) is 6.96. The molecule has 108 valence electrons. The molecule has 0 saturated heterocycles. The normalized spacial score (nSPS) is 12.0. The van der Waals surface area contributed by atoms with E-state index >= 15 is 0 Å². The first kappa shape index (κ1) is 16.1. The quantitative estimate of drug-likeness (QED) is 0.716. The number of unbranched alkanes of at least 4 members (excludes halogenated alkanes) is 1. The molecule has 0 radical (unpaired) electrons. The summed E-state index contributed by atoms with van der Waals surface area (Å²) in [5.74, 6) is 0.656. The van der Waals surface area contributed by atoms with Crippen LogP contribution in [0.2, 0.25) is 0 Å². The largest absolute Gasteiger partial charge is 0.316 e. The first-order valence-electron chi connectivity index (χ1n) is 6.72. The lowest BCUT2D eigenvalue weighted by atomic mass is 10.1. The third-order valence-corrected chi connectivity index (χ3v) is 3.89. The SMILES string of the molecule is CC(C)CNCCCCc1ccccc1S(N)(=O)=O.